The molecular formula is C12H22O7. The van der Waals surface area contributed by atoms with Crippen LogP contribution in [0.1, 0.15) is 25.7 Å². The van der Waals surface area contributed by atoms with Gasteiger partial charge in [0.05, 0.1) is 13.2 Å². The van der Waals surface area contributed by atoms with Gasteiger partial charge in [-0.3, -0.25) is 0 Å². The topological polar surface area (TPSA) is 109 Å². The fourth-order valence-corrected chi connectivity index (χ4v) is 2.41. The van der Waals surface area contributed by atoms with Crippen LogP contribution in [0.4, 0.5) is 0 Å². The minimum absolute atomic E-state index is 0.131. The van der Waals surface area contributed by atoms with E-state index in [9.17, 15) is 10.2 Å². The molecule has 0 aromatic rings. The van der Waals surface area contributed by atoms with E-state index in [1.165, 1.54) is 0 Å². The summed E-state index contributed by atoms with van der Waals surface area (Å²) in [5.41, 5.74) is 0. The third-order valence-electron chi connectivity index (χ3n) is 3.76. The zero-order valence-corrected chi connectivity index (χ0v) is 10.8. The third-order valence-corrected chi connectivity index (χ3v) is 3.76. The SMILES string of the molecule is OCCC(O)C1(OC2(C(O)CCO)CCO2)CCO1. The molecule has 0 amide bonds. The molecule has 19 heavy (non-hydrogen) atoms. The van der Waals surface area contributed by atoms with Gasteiger partial charge in [-0.25, -0.2) is 0 Å². The zero-order valence-electron chi connectivity index (χ0n) is 10.8. The van der Waals surface area contributed by atoms with Gasteiger partial charge in [0, 0.05) is 38.9 Å². The van der Waals surface area contributed by atoms with Crippen molar-refractivity contribution in [3.05, 3.63) is 0 Å². The van der Waals surface area contributed by atoms with E-state index in [1.807, 2.05) is 0 Å². The molecule has 2 heterocycles. The van der Waals surface area contributed by atoms with E-state index >= 15 is 0 Å². The van der Waals surface area contributed by atoms with Crippen molar-refractivity contribution in [2.24, 2.45) is 0 Å². The van der Waals surface area contributed by atoms with Crippen LogP contribution in [0.2, 0.25) is 0 Å². The van der Waals surface area contributed by atoms with E-state index in [4.69, 9.17) is 24.4 Å². The average molecular weight is 278 g/mol. The van der Waals surface area contributed by atoms with Crippen LogP contribution in [0, 0.1) is 0 Å². The highest BCUT2D eigenvalue weighted by molar-refractivity contribution is 4.94. The number of hydrogen-bond donors (Lipinski definition) is 4. The number of hydrogen-bond acceptors (Lipinski definition) is 7. The minimum Gasteiger partial charge on any atom is -0.396 e. The van der Waals surface area contributed by atoms with Crippen molar-refractivity contribution in [1.29, 1.82) is 0 Å². The van der Waals surface area contributed by atoms with E-state index in [0.29, 0.717) is 26.1 Å². The van der Waals surface area contributed by atoms with Crippen LogP contribution in [0.3, 0.4) is 0 Å². The fourth-order valence-electron chi connectivity index (χ4n) is 2.41. The van der Waals surface area contributed by atoms with Crippen molar-refractivity contribution in [3.8, 4) is 0 Å². The monoisotopic (exact) mass is 278 g/mol. The molecule has 2 saturated heterocycles. The first-order valence-electron chi connectivity index (χ1n) is 6.64. The lowest BCUT2D eigenvalue weighted by Crippen LogP contribution is -2.66. The first-order valence-corrected chi connectivity index (χ1v) is 6.64. The van der Waals surface area contributed by atoms with E-state index in [0.717, 1.165) is 0 Å². The second kappa shape index (κ2) is 6.01. The summed E-state index contributed by atoms with van der Waals surface area (Å²) in [6, 6.07) is 0. The molecular weight excluding hydrogens is 256 g/mol. The van der Waals surface area contributed by atoms with Crippen LogP contribution < -0.4 is 0 Å². The minimum atomic E-state index is -1.22. The summed E-state index contributed by atoms with van der Waals surface area (Å²) in [4.78, 5) is 0. The van der Waals surface area contributed by atoms with E-state index < -0.39 is 23.8 Å². The second-order valence-electron chi connectivity index (χ2n) is 4.98. The fraction of sp³-hybridized carbons (Fsp3) is 1.00. The molecule has 2 fully saturated rings. The maximum atomic E-state index is 10.0. The molecule has 7 nitrogen and oxygen atoms in total. The Morgan fingerprint density at radius 1 is 0.895 bits per heavy atom. The highest BCUT2D eigenvalue weighted by atomic mass is 16.8. The Morgan fingerprint density at radius 3 is 1.47 bits per heavy atom. The first kappa shape index (κ1) is 15.1. The largest absolute Gasteiger partial charge is 0.396 e. The van der Waals surface area contributed by atoms with Crippen LogP contribution >= 0.6 is 0 Å². The Labute approximate surface area is 111 Å². The highest BCUT2D eigenvalue weighted by Gasteiger charge is 2.57. The Hall–Kier alpha value is -0.280. The van der Waals surface area contributed by atoms with Gasteiger partial charge in [0.1, 0.15) is 12.2 Å². The molecule has 4 atom stereocenters. The summed E-state index contributed by atoms with van der Waals surface area (Å²) < 4.78 is 16.5. The van der Waals surface area contributed by atoms with Gasteiger partial charge < -0.3 is 34.6 Å². The molecule has 0 saturated carbocycles. The van der Waals surface area contributed by atoms with Crippen LogP contribution in [0.15, 0.2) is 0 Å². The summed E-state index contributed by atoms with van der Waals surface area (Å²) in [5, 5.41) is 37.8. The van der Waals surface area contributed by atoms with Crippen molar-refractivity contribution < 1.29 is 34.6 Å². The van der Waals surface area contributed by atoms with E-state index in [2.05, 4.69) is 0 Å². The molecule has 112 valence electrons. The lowest BCUT2D eigenvalue weighted by Gasteiger charge is -2.54. The molecule has 0 aromatic carbocycles. The van der Waals surface area contributed by atoms with Crippen LogP contribution in [-0.2, 0) is 14.2 Å². The average Bonchev–Trinajstić information content (AvgIpc) is 2.26. The van der Waals surface area contributed by atoms with Gasteiger partial charge in [-0.2, -0.15) is 0 Å². The molecule has 0 aromatic heterocycles. The molecule has 0 bridgehead atoms. The van der Waals surface area contributed by atoms with Gasteiger partial charge in [-0.15, -0.1) is 0 Å². The van der Waals surface area contributed by atoms with Crippen LogP contribution in [0.5, 0.6) is 0 Å². The van der Waals surface area contributed by atoms with Gasteiger partial charge in [0.15, 0.2) is 11.6 Å². The van der Waals surface area contributed by atoms with Crippen LogP contribution in [-0.4, -0.2) is 70.6 Å². The van der Waals surface area contributed by atoms with E-state index in [1.54, 1.807) is 0 Å². The van der Waals surface area contributed by atoms with Crippen molar-refractivity contribution in [2.45, 2.75) is 49.5 Å². The predicted molar refractivity (Wildman–Crippen MR) is 63.1 cm³/mol. The number of rotatable bonds is 8. The normalized spacial score (nSPS) is 37.3. The maximum absolute atomic E-state index is 10.0. The molecule has 2 rings (SSSR count). The number of ether oxygens (including phenoxy) is 3. The number of aliphatic hydroxyl groups excluding tert-OH is 4. The Balaban J connectivity index is 2.03. The molecule has 2 aliphatic rings. The van der Waals surface area contributed by atoms with Crippen molar-refractivity contribution in [3.63, 3.8) is 0 Å². The molecule has 0 radical (unpaired) electrons. The van der Waals surface area contributed by atoms with Crippen molar-refractivity contribution >= 4 is 0 Å². The lowest BCUT2D eigenvalue weighted by atomic mass is 9.94. The summed E-state index contributed by atoms with van der Waals surface area (Å²) in [7, 11) is 0. The molecule has 2 aliphatic heterocycles. The molecule has 4 N–H and O–H groups in total. The van der Waals surface area contributed by atoms with Crippen molar-refractivity contribution in [1.82, 2.24) is 0 Å². The van der Waals surface area contributed by atoms with Gasteiger partial charge in [-0.05, 0) is 0 Å². The number of aliphatic hydroxyl groups is 4. The lowest BCUT2D eigenvalue weighted by molar-refractivity contribution is -0.464. The standard InChI is InChI=1S/C12H22O7/c13-5-1-9(15)11(3-7-17-11)19-12(4-8-18-12)10(16)2-6-14/h9-10,13-16H,1-8H2. The highest BCUT2D eigenvalue weighted by Crippen LogP contribution is 2.43. The second-order valence-corrected chi connectivity index (χ2v) is 4.98. The summed E-state index contributed by atoms with van der Waals surface area (Å²) in [5.74, 6) is -2.45. The van der Waals surface area contributed by atoms with Gasteiger partial charge >= 0.3 is 0 Å². The smallest absolute Gasteiger partial charge is 0.199 e. The zero-order chi connectivity index (χ0) is 13.9. The predicted octanol–water partition coefficient (Wildman–Crippen LogP) is -1.28. The Bertz CT molecular complexity index is 260. The van der Waals surface area contributed by atoms with Gasteiger partial charge in [-0.1, -0.05) is 0 Å². The Kier molecular flexibility index (Phi) is 4.78. The van der Waals surface area contributed by atoms with Crippen LogP contribution in [0.25, 0.3) is 0 Å². The summed E-state index contributed by atoms with van der Waals surface area (Å²) in [6.07, 6.45) is -0.739. The van der Waals surface area contributed by atoms with Gasteiger partial charge in [0.2, 0.25) is 0 Å². The quantitative estimate of drug-likeness (QED) is 0.438. The first-order chi connectivity index (χ1) is 9.08. The molecule has 0 aliphatic carbocycles. The van der Waals surface area contributed by atoms with E-state index in [-0.39, 0.29) is 26.1 Å². The molecule has 7 heteroatoms. The van der Waals surface area contributed by atoms with Gasteiger partial charge in [0.25, 0.3) is 0 Å². The summed E-state index contributed by atoms with van der Waals surface area (Å²) >= 11 is 0. The maximum Gasteiger partial charge on any atom is 0.199 e. The Morgan fingerprint density at radius 2 is 1.26 bits per heavy atom. The molecule has 0 spiro atoms. The summed E-state index contributed by atoms with van der Waals surface area (Å²) in [6.45, 7) is 0.550. The third kappa shape index (κ3) is 2.78. The molecule has 4 unspecified atom stereocenters. The van der Waals surface area contributed by atoms with Crippen molar-refractivity contribution in [2.75, 3.05) is 26.4 Å².